The Labute approximate surface area is 114 Å². The van der Waals surface area contributed by atoms with Gasteiger partial charge >= 0.3 is 0 Å². The fourth-order valence-electron chi connectivity index (χ4n) is 3.16. The molecular formula is C14H24N4O. The molecule has 2 saturated heterocycles. The molecule has 0 radical (unpaired) electrons. The van der Waals surface area contributed by atoms with E-state index in [9.17, 15) is 0 Å². The summed E-state index contributed by atoms with van der Waals surface area (Å²) in [7, 11) is 0. The van der Waals surface area contributed by atoms with Crippen molar-refractivity contribution >= 4 is 0 Å². The van der Waals surface area contributed by atoms with E-state index in [2.05, 4.69) is 27.3 Å². The van der Waals surface area contributed by atoms with E-state index >= 15 is 0 Å². The smallest absolute Gasteiger partial charge is 0.229 e. The van der Waals surface area contributed by atoms with E-state index in [-0.39, 0.29) is 0 Å². The fourth-order valence-corrected chi connectivity index (χ4v) is 3.16. The van der Waals surface area contributed by atoms with Gasteiger partial charge in [-0.3, -0.25) is 0 Å². The summed E-state index contributed by atoms with van der Waals surface area (Å²) < 4.78 is 5.53. The minimum atomic E-state index is 0.478. The topological polar surface area (TPSA) is 54.2 Å². The van der Waals surface area contributed by atoms with E-state index in [0.717, 1.165) is 70.1 Å². The van der Waals surface area contributed by atoms with Crippen molar-refractivity contribution in [3.63, 3.8) is 0 Å². The van der Waals surface area contributed by atoms with Crippen LogP contribution in [0.25, 0.3) is 0 Å². The van der Waals surface area contributed by atoms with Crippen LogP contribution in [0.3, 0.4) is 0 Å². The monoisotopic (exact) mass is 264 g/mol. The molecule has 1 N–H and O–H groups in total. The van der Waals surface area contributed by atoms with E-state index in [1.807, 2.05) is 0 Å². The van der Waals surface area contributed by atoms with Crippen LogP contribution in [0.2, 0.25) is 0 Å². The molecule has 5 heteroatoms. The highest BCUT2D eigenvalue weighted by Crippen LogP contribution is 2.29. The average Bonchev–Trinajstić information content (AvgIpc) is 2.98. The largest absolute Gasteiger partial charge is 0.339 e. The first-order valence-electron chi connectivity index (χ1n) is 7.63. The Balaban J connectivity index is 1.61. The number of nitrogens with one attached hydrogen (secondary N) is 1. The summed E-state index contributed by atoms with van der Waals surface area (Å²) in [5.74, 6) is 2.79. The molecule has 0 spiro atoms. The van der Waals surface area contributed by atoms with E-state index in [0.29, 0.717) is 11.8 Å². The van der Waals surface area contributed by atoms with Gasteiger partial charge in [-0.15, -0.1) is 0 Å². The molecule has 0 saturated carbocycles. The maximum absolute atomic E-state index is 5.53. The van der Waals surface area contributed by atoms with Crippen LogP contribution in [0.1, 0.15) is 56.2 Å². The van der Waals surface area contributed by atoms with Crippen LogP contribution in [0.5, 0.6) is 0 Å². The molecule has 106 valence electrons. The number of hydrogen-bond acceptors (Lipinski definition) is 5. The molecule has 0 aliphatic carbocycles. The van der Waals surface area contributed by atoms with E-state index in [4.69, 9.17) is 4.52 Å². The lowest BCUT2D eigenvalue weighted by Crippen LogP contribution is -2.32. The molecule has 1 aromatic rings. The summed E-state index contributed by atoms with van der Waals surface area (Å²) in [6, 6.07) is 0. The van der Waals surface area contributed by atoms with Crippen molar-refractivity contribution in [3.8, 4) is 0 Å². The molecule has 2 fully saturated rings. The summed E-state index contributed by atoms with van der Waals surface area (Å²) in [6.45, 7) is 7.84. The zero-order valence-corrected chi connectivity index (χ0v) is 11.8. The maximum atomic E-state index is 5.53. The number of likely N-dealkylation sites (tertiary alicyclic amines) is 1. The van der Waals surface area contributed by atoms with Crippen molar-refractivity contribution < 1.29 is 4.52 Å². The van der Waals surface area contributed by atoms with Crippen molar-refractivity contribution in [2.75, 3.05) is 32.7 Å². The predicted octanol–water partition coefficient (Wildman–Crippen LogP) is 1.74. The van der Waals surface area contributed by atoms with Crippen LogP contribution >= 0.6 is 0 Å². The van der Waals surface area contributed by atoms with Gasteiger partial charge in [0.2, 0.25) is 5.89 Å². The van der Waals surface area contributed by atoms with Crippen LogP contribution in [0, 0.1) is 0 Å². The Morgan fingerprint density at radius 1 is 1.16 bits per heavy atom. The van der Waals surface area contributed by atoms with Crippen molar-refractivity contribution in [2.24, 2.45) is 0 Å². The maximum Gasteiger partial charge on any atom is 0.229 e. The Morgan fingerprint density at radius 2 is 1.89 bits per heavy atom. The highest BCUT2D eigenvalue weighted by molar-refractivity contribution is 5.01. The van der Waals surface area contributed by atoms with Crippen LogP contribution < -0.4 is 5.32 Å². The Hall–Kier alpha value is -0.940. The average molecular weight is 264 g/mol. The number of hydrogen-bond donors (Lipinski definition) is 1. The third kappa shape index (κ3) is 2.98. The van der Waals surface area contributed by atoms with Crippen molar-refractivity contribution in [2.45, 2.75) is 44.4 Å². The Kier molecular flexibility index (Phi) is 4.13. The summed E-state index contributed by atoms with van der Waals surface area (Å²) >= 11 is 0. The summed E-state index contributed by atoms with van der Waals surface area (Å²) in [5.41, 5.74) is 0. The quantitative estimate of drug-likeness (QED) is 0.901. The molecule has 19 heavy (non-hydrogen) atoms. The van der Waals surface area contributed by atoms with E-state index < -0.39 is 0 Å². The van der Waals surface area contributed by atoms with Gasteiger partial charge in [-0.2, -0.15) is 4.98 Å². The Bertz CT molecular complexity index is 392. The lowest BCUT2D eigenvalue weighted by atomic mass is 9.96. The third-order valence-corrected chi connectivity index (χ3v) is 4.55. The molecular weight excluding hydrogens is 240 g/mol. The van der Waals surface area contributed by atoms with Gasteiger partial charge in [-0.05, 0) is 58.4 Å². The number of rotatable bonds is 3. The van der Waals surface area contributed by atoms with Gasteiger partial charge in [0.25, 0.3) is 0 Å². The molecule has 0 aromatic carbocycles. The fraction of sp³-hybridized carbons (Fsp3) is 0.857. The molecule has 0 amide bonds. The van der Waals surface area contributed by atoms with E-state index in [1.54, 1.807) is 0 Å². The van der Waals surface area contributed by atoms with Crippen molar-refractivity contribution in [1.82, 2.24) is 20.4 Å². The summed E-state index contributed by atoms with van der Waals surface area (Å²) in [5, 5.41) is 7.60. The van der Waals surface area contributed by atoms with Crippen LogP contribution in [0.15, 0.2) is 4.52 Å². The van der Waals surface area contributed by atoms with E-state index in [1.165, 1.54) is 0 Å². The second-order valence-corrected chi connectivity index (χ2v) is 5.72. The highest BCUT2D eigenvalue weighted by Gasteiger charge is 2.26. The van der Waals surface area contributed by atoms with Gasteiger partial charge < -0.3 is 14.7 Å². The molecule has 5 nitrogen and oxygen atoms in total. The number of nitrogens with zero attached hydrogens (tertiary/aromatic N) is 3. The standard InChI is InChI=1S/C14H24N4O/c1-2-18-9-5-12(6-10-18)14-16-13(17-19-14)11-3-7-15-8-4-11/h11-12,15H,2-10H2,1H3. The lowest BCUT2D eigenvalue weighted by molar-refractivity contribution is 0.202. The normalized spacial score (nSPS) is 23.8. The second-order valence-electron chi connectivity index (χ2n) is 5.72. The summed E-state index contributed by atoms with van der Waals surface area (Å²) in [6.07, 6.45) is 4.57. The van der Waals surface area contributed by atoms with Gasteiger partial charge in [0, 0.05) is 11.8 Å². The van der Waals surface area contributed by atoms with Gasteiger partial charge in [0.15, 0.2) is 5.82 Å². The SMILES string of the molecule is CCN1CCC(c2nc(C3CCNCC3)no2)CC1. The number of piperidine rings is 2. The zero-order valence-electron chi connectivity index (χ0n) is 11.8. The predicted molar refractivity (Wildman–Crippen MR) is 73.2 cm³/mol. The molecule has 0 atom stereocenters. The van der Waals surface area contributed by atoms with Crippen LogP contribution in [-0.4, -0.2) is 47.8 Å². The molecule has 1 aromatic heterocycles. The van der Waals surface area contributed by atoms with Crippen molar-refractivity contribution in [1.29, 1.82) is 0 Å². The van der Waals surface area contributed by atoms with Gasteiger partial charge in [0.05, 0.1) is 0 Å². The van der Waals surface area contributed by atoms with Crippen molar-refractivity contribution in [3.05, 3.63) is 11.7 Å². The first kappa shape index (κ1) is 13.1. The number of aromatic nitrogens is 2. The molecule has 2 aliphatic rings. The first-order valence-corrected chi connectivity index (χ1v) is 7.63. The molecule has 2 aliphatic heterocycles. The lowest BCUT2D eigenvalue weighted by Gasteiger charge is -2.29. The minimum absolute atomic E-state index is 0.478. The molecule has 3 rings (SSSR count). The summed E-state index contributed by atoms with van der Waals surface area (Å²) in [4.78, 5) is 7.17. The van der Waals surface area contributed by atoms with Gasteiger partial charge in [0.1, 0.15) is 0 Å². The molecule has 0 unspecified atom stereocenters. The second kappa shape index (κ2) is 6.01. The first-order chi connectivity index (χ1) is 9.36. The molecule has 0 bridgehead atoms. The zero-order chi connectivity index (χ0) is 13.1. The Morgan fingerprint density at radius 3 is 2.58 bits per heavy atom. The minimum Gasteiger partial charge on any atom is -0.339 e. The highest BCUT2D eigenvalue weighted by atomic mass is 16.5. The van der Waals surface area contributed by atoms with Gasteiger partial charge in [-0.25, -0.2) is 0 Å². The third-order valence-electron chi connectivity index (χ3n) is 4.55. The van der Waals surface area contributed by atoms with Crippen LogP contribution in [0.4, 0.5) is 0 Å². The van der Waals surface area contributed by atoms with Crippen LogP contribution in [-0.2, 0) is 0 Å². The van der Waals surface area contributed by atoms with Gasteiger partial charge in [-0.1, -0.05) is 12.1 Å². The molecule has 3 heterocycles.